The average Bonchev–Trinajstić information content (AvgIpc) is 2.71. The first-order valence-electron chi connectivity index (χ1n) is 5.59. The monoisotopic (exact) mass is 258 g/mol. The molecule has 0 aromatic carbocycles. The maximum atomic E-state index is 10.8. The smallest absolute Gasteiger partial charge is 0.357 e. The lowest BCUT2D eigenvalue weighted by Crippen LogP contribution is -2.10. The Morgan fingerprint density at radius 1 is 1.65 bits per heavy atom. The molecule has 0 saturated heterocycles. The molecule has 0 aliphatic rings. The van der Waals surface area contributed by atoms with Gasteiger partial charge < -0.3 is 15.2 Å². The number of nitrogens with zero attached hydrogens (tertiary/aromatic N) is 1. The predicted octanol–water partition coefficient (Wildman–Crippen LogP) is 2.32. The lowest BCUT2D eigenvalue weighted by Gasteiger charge is -2.07. The Kier molecular flexibility index (Phi) is 5.93. The van der Waals surface area contributed by atoms with Crippen molar-refractivity contribution in [3.05, 3.63) is 11.2 Å². The zero-order valence-corrected chi connectivity index (χ0v) is 10.9. The molecule has 0 unspecified atom stereocenters. The molecule has 1 aromatic rings. The van der Waals surface area contributed by atoms with Gasteiger partial charge in [-0.05, 0) is 12.3 Å². The Morgan fingerprint density at radius 2 is 2.41 bits per heavy atom. The van der Waals surface area contributed by atoms with Gasteiger partial charge in [0, 0.05) is 19.8 Å². The van der Waals surface area contributed by atoms with Crippen molar-refractivity contribution in [3.8, 4) is 0 Å². The molecule has 6 heteroatoms. The summed E-state index contributed by atoms with van der Waals surface area (Å²) >= 11 is 1.30. The largest absolute Gasteiger partial charge is 0.476 e. The van der Waals surface area contributed by atoms with Gasteiger partial charge in [0.1, 0.15) is 5.00 Å². The van der Waals surface area contributed by atoms with Crippen molar-refractivity contribution in [1.29, 1.82) is 0 Å². The molecule has 17 heavy (non-hydrogen) atoms. The number of anilines is 1. The number of hydrogen-bond donors (Lipinski definition) is 2. The third-order valence-corrected chi connectivity index (χ3v) is 2.76. The van der Waals surface area contributed by atoms with Gasteiger partial charge in [-0.15, -0.1) is 11.3 Å². The fourth-order valence-corrected chi connectivity index (χ4v) is 1.92. The Morgan fingerprint density at radius 3 is 3.06 bits per heavy atom. The van der Waals surface area contributed by atoms with E-state index >= 15 is 0 Å². The van der Waals surface area contributed by atoms with E-state index in [1.807, 2.05) is 0 Å². The van der Waals surface area contributed by atoms with Crippen molar-refractivity contribution < 1.29 is 14.6 Å². The highest BCUT2D eigenvalue weighted by Crippen LogP contribution is 2.19. The van der Waals surface area contributed by atoms with E-state index < -0.39 is 5.97 Å². The van der Waals surface area contributed by atoms with Gasteiger partial charge in [0.2, 0.25) is 0 Å². The number of rotatable bonds is 8. The van der Waals surface area contributed by atoms with Crippen LogP contribution in [0, 0.1) is 5.92 Å². The van der Waals surface area contributed by atoms with Crippen molar-refractivity contribution in [2.24, 2.45) is 5.92 Å². The van der Waals surface area contributed by atoms with Crippen molar-refractivity contribution in [3.63, 3.8) is 0 Å². The molecule has 0 atom stereocenters. The first-order chi connectivity index (χ1) is 8.11. The van der Waals surface area contributed by atoms with E-state index in [0.29, 0.717) is 24.1 Å². The molecular formula is C11H18N2O3S. The number of thiazole rings is 1. The fourth-order valence-electron chi connectivity index (χ4n) is 1.22. The van der Waals surface area contributed by atoms with E-state index in [2.05, 4.69) is 24.1 Å². The molecular weight excluding hydrogens is 240 g/mol. The van der Waals surface area contributed by atoms with Crippen molar-refractivity contribution in [1.82, 2.24) is 4.98 Å². The minimum Gasteiger partial charge on any atom is -0.476 e. The van der Waals surface area contributed by atoms with Crippen LogP contribution in [0.1, 0.15) is 30.8 Å². The normalized spacial score (nSPS) is 10.8. The van der Waals surface area contributed by atoms with Crippen LogP contribution >= 0.6 is 11.3 Å². The molecule has 0 saturated carbocycles. The van der Waals surface area contributed by atoms with Crippen LogP contribution < -0.4 is 5.32 Å². The Balaban J connectivity index is 2.18. The minimum atomic E-state index is -0.996. The van der Waals surface area contributed by atoms with E-state index in [9.17, 15) is 4.79 Å². The summed E-state index contributed by atoms with van der Waals surface area (Å²) in [5, 5.41) is 12.5. The second-order valence-corrected chi connectivity index (χ2v) is 4.94. The molecule has 96 valence electrons. The summed E-state index contributed by atoms with van der Waals surface area (Å²) in [4.78, 5) is 14.6. The van der Waals surface area contributed by atoms with E-state index in [-0.39, 0.29) is 5.69 Å². The number of nitrogens with one attached hydrogen (secondary N) is 1. The number of aromatic carboxylic acids is 1. The lowest BCUT2D eigenvalue weighted by molar-refractivity contribution is 0.0692. The van der Waals surface area contributed by atoms with E-state index in [0.717, 1.165) is 13.0 Å². The molecule has 0 aliphatic heterocycles. The topological polar surface area (TPSA) is 71.5 Å². The van der Waals surface area contributed by atoms with E-state index in [1.54, 1.807) is 0 Å². The summed E-state index contributed by atoms with van der Waals surface area (Å²) in [6, 6.07) is 0. The molecule has 1 heterocycles. The van der Waals surface area contributed by atoms with Crippen molar-refractivity contribution >= 4 is 22.3 Å². The Hall–Kier alpha value is -1.14. The zero-order chi connectivity index (χ0) is 12.7. The molecule has 0 radical (unpaired) electrons. The van der Waals surface area contributed by atoms with Gasteiger partial charge in [0.25, 0.3) is 0 Å². The summed E-state index contributed by atoms with van der Waals surface area (Å²) in [5.41, 5.74) is 1.62. The highest BCUT2D eigenvalue weighted by molar-refractivity contribution is 7.14. The van der Waals surface area contributed by atoms with Crippen LogP contribution in [0.3, 0.4) is 0 Å². The van der Waals surface area contributed by atoms with Crippen LogP contribution in [0.5, 0.6) is 0 Å². The molecule has 1 rings (SSSR count). The van der Waals surface area contributed by atoms with Crippen molar-refractivity contribution in [2.75, 3.05) is 25.1 Å². The van der Waals surface area contributed by atoms with E-state index in [1.165, 1.54) is 16.8 Å². The Bertz CT molecular complexity index is 352. The third kappa shape index (κ3) is 5.14. The van der Waals surface area contributed by atoms with Gasteiger partial charge in [-0.3, -0.25) is 0 Å². The summed E-state index contributed by atoms with van der Waals surface area (Å²) in [7, 11) is 0. The molecule has 2 N–H and O–H groups in total. The number of aromatic nitrogens is 1. The van der Waals surface area contributed by atoms with E-state index in [4.69, 9.17) is 9.84 Å². The number of carbonyl (C=O) groups is 1. The van der Waals surface area contributed by atoms with Crippen molar-refractivity contribution in [2.45, 2.75) is 20.3 Å². The maximum absolute atomic E-state index is 10.8. The number of carboxylic acid groups (broad SMARTS) is 1. The maximum Gasteiger partial charge on any atom is 0.357 e. The lowest BCUT2D eigenvalue weighted by atomic mass is 10.2. The first kappa shape index (κ1) is 13.9. The zero-order valence-electron chi connectivity index (χ0n) is 10.1. The van der Waals surface area contributed by atoms with Crippen LogP contribution in [-0.4, -0.2) is 35.8 Å². The predicted molar refractivity (Wildman–Crippen MR) is 67.8 cm³/mol. The second-order valence-electron chi connectivity index (χ2n) is 4.08. The number of ether oxygens (including phenoxy) is 1. The van der Waals surface area contributed by atoms with Crippen LogP contribution in [0.15, 0.2) is 5.51 Å². The summed E-state index contributed by atoms with van der Waals surface area (Å²) in [6.07, 6.45) is 0.851. The standard InChI is InChI=1S/C11H18N2O3S/c1-8(2)6-16-5-3-4-12-10-9(11(14)15)13-7-17-10/h7-8,12H,3-6H2,1-2H3,(H,14,15). The number of carboxylic acids is 1. The molecule has 0 fully saturated rings. The highest BCUT2D eigenvalue weighted by atomic mass is 32.1. The second kappa shape index (κ2) is 7.24. The van der Waals surface area contributed by atoms with Crippen LogP contribution in [0.25, 0.3) is 0 Å². The minimum absolute atomic E-state index is 0.0955. The molecule has 0 bridgehead atoms. The van der Waals surface area contributed by atoms with Crippen LogP contribution in [0.4, 0.5) is 5.00 Å². The van der Waals surface area contributed by atoms with Gasteiger partial charge in [0.15, 0.2) is 5.69 Å². The molecule has 0 aliphatic carbocycles. The molecule has 0 amide bonds. The molecule has 5 nitrogen and oxygen atoms in total. The summed E-state index contributed by atoms with van der Waals surface area (Å²) in [6.45, 7) is 6.36. The Labute approximate surface area is 105 Å². The van der Waals surface area contributed by atoms with Gasteiger partial charge >= 0.3 is 5.97 Å². The quantitative estimate of drug-likeness (QED) is 0.700. The number of hydrogen-bond acceptors (Lipinski definition) is 5. The average molecular weight is 258 g/mol. The van der Waals surface area contributed by atoms with Gasteiger partial charge in [0.05, 0.1) is 5.51 Å². The third-order valence-electron chi connectivity index (χ3n) is 1.97. The van der Waals surface area contributed by atoms with Gasteiger partial charge in [-0.2, -0.15) is 0 Å². The highest BCUT2D eigenvalue weighted by Gasteiger charge is 2.12. The fraction of sp³-hybridized carbons (Fsp3) is 0.636. The molecule has 0 spiro atoms. The van der Waals surface area contributed by atoms with Gasteiger partial charge in [-0.25, -0.2) is 9.78 Å². The van der Waals surface area contributed by atoms with Crippen LogP contribution in [-0.2, 0) is 4.74 Å². The summed E-state index contributed by atoms with van der Waals surface area (Å²) in [5.74, 6) is -0.451. The van der Waals surface area contributed by atoms with Gasteiger partial charge in [-0.1, -0.05) is 13.8 Å². The molecule has 1 aromatic heterocycles. The summed E-state index contributed by atoms with van der Waals surface area (Å²) < 4.78 is 5.42. The van der Waals surface area contributed by atoms with Crippen LogP contribution in [0.2, 0.25) is 0 Å². The SMILES string of the molecule is CC(C)COCCCNc1scnc1C(=O)O. The first-order valence-corrected chi connectivity index (χ1v) is 6.47.